The van der Waals surface area contributed by atoms with Crippen molar-refractivity contribution in [2.45, 2.75) is 13.0 Å². The van der Waals surface area contributed by atoms with E-state index in [0.717, 1.165) is 0 Å². The Labute approximate surface area is 200 Å². The number of aliphatic hydroxyl groups is 1. The summed E-state index contributed by atoms with van der Waals surface area (Å²) in [5.41, 5.74) is 1.37. The Kier molecular flexibility index (Phi) is 6.17. The van der Waals surface area contributed by atoms with E-state index < -0.39 is 23.7 Å². The number of aliphatic hydroxyl groups excluding tert-OH is 1. The Morgan fingerprint density at radius 1 is 1.06 bits per heavy atom. The highest BCUT2D eigenvalue weighted by Crippen LogP contribution is 2.43. The van der Waals surface area contributed by atoms with Gasteiger partial charge >= 0.3 is 5.97 Å². The average molecular weight is 473 g/mol. The highest BCUT2D eigenvalue weighted by atomic mass is 35.5. The minimum Gasteiger partial charge on any atom is -0.507 e. The minimum atomic E-state index is -1.01. The van der Waals surface area contributed by atoms with E-state index in [1.54, 1.807) is 54.6 Å². The molecule has 0 radical (unpaired) electrons. The fraction of sp³-hybridized carbons (Fsp3) is 0.0769. The molecule has 1 heterocycles. The molecular formula is C26H17ClN2O5. The van der Waals surface area contributed by atoms with Crippen molar-refractivity contribution in [2.75, 3.05) is 4.90 Å². The second-order valence-electron chi connectivity index (χ2n) is 7.50. The molecule has 3 aromatic rings. The first kappa shape index (κ1) is 22.8. The van der Waals surface area contributed by atoms with Gasteiger partial charge in [0.2, 0.25) is 0 Å². The Balaban J connectivity index is 1.93. The van der Waals surface area contributed by atoms with Crippen LogP contribution in [0.5, 0.6) is 5.75 Å². The number of amides is 1. The van der Waals surface area contributed by atoms with Gasteiger partial charge in [0.05, 0.1) is 23.2 Å². The predicted molar refractivity (Wildman–Crippen MR) is 125 cm³/mol. The summed E-state index contributed by atoms with van der Waals surface area (Å²) in [6.45, 7) is 1.26. The van der Waals surface area contributed by atoms with Gasteiger partial charge in [-0.3, -0.25) is 19.3 Å². The molecule has 168 valence electrons. The summed E-state index contributed by atoms with van der Waals surface area (Å²) >= 11 is 5.95. The summed E-state index contributed by atoms with van der Waals surface area (Å²) in [6.07, 6.45) is 0. The lowest BCUT2D eigenvalue weighted by atomic mass is 9.95. The first-order valence-electron chi connectivity index (χ1n) is 10.2. The second kappa shape index (κ2) is 9.22. The van der Waals surface area contributed by atoms with E-state index in [2.05, 4.69) is 0 Å². The van der Waals surface area contributed by atoms with E-state index >= 15 is 0 Å². The summed E-state index contributed by atoms with van der Waals surface area (Å²) in [6, 6.07) is 19.7. The Morgan fingerprint density at radius 2 is 1.74 bits per heavy atom. The van der Waals surface area contributed by atoms with Gasteiger partial charge in [0.15, 0.2) is 0 Å². The molecule has 1 atom stereocenters. The number of ether oxygens (including phenoxy) is 1. The third-order valence-corrected chi connectivity index (χ3v) is 5.52. The van der Waals surface area contributed by atoms with Gasteiger partial charge in [0.25, 0.3) is 11.7 Å². The third kappa shape index (κ3) is 4.27. The van der Waals surface area contributed by atoms with E-state index in [9.17, 15) is 19.5 Å². The highest BCUT2D eigenvalue weighted by Gasteiger charge is 2.47. The van der Waals surface area contributed by atoms with Gasteiger partial charge < -0.3 is 9.84 Å². The Hall–Kier alpha value is -4.41. The molecule has 1 amide bonds. The van der Waals surface area contributed by atoms with Crippen molar-refractivity contribution < 1.29 is 24.2 Å². The molecule has 0 aliphatic carbocycles. The van der Waals surface area contributed by atoms with Gasteiger partial charge in [-0.05, 0) is 66.2 Å². The van der Waals surface area contributed by atoms with Gasteiger partial charge in [-0.1, -0.05) is 23.7 Å². The van der Waals surface area contributed by atoms with E-state index in [0.29, 0.717) is 27.4 Å². The molecule has 34 heavy (non-hydrogen) atoms. The summed E-state index contributed by atoms with van der Waals surface area (Å²) in [5, 5.41) is 20.7. The molecular weight excluding hydrogens is 456 g/mol. The van der Waals surface area contributed by atoms with Crippen LogP contribution in [-0.2, 0) is 14.4 Å². The fourth-order valence-corrected chi connectivity index (χ4v) is 3.91. The molecule has 8 heteroatoms. The number of carbonyl (C=O) groups excluding carboxylic acids is 3. The monoisotopic (exact) mass is 472 g/mol. The first-order chi connectivity index (χ1) is 16.3. The molecule has 7 nitrogen and oxygen atoms in total. The maximum absolute atomic E-state index is 13.2. The molecule has 1 N–H and O–H groups in total. The third-order valence-electron chi connectivity index (χ3n) is 5.27. The van der Waals surface area contributed by atoms with Crippen LogP contribution in [0.15, 0.2) is 78.4 Å². The number of anilines is 1. The lowest BCUT2D eigenvalue weighted by Crippen LogP contribution is -2.29. The van der Waals surface area contributed by atoms with Crippen molar-refractivity contribution in [3.8, 4) is 11.8 Å². The van der Waals surface area contributed by atoms with Gasteiger partial charge in [-0.25, -0.2) is 0 Å². The largest absolute Gasteiger partial charge is 0.507 e. The number of nitriles is 1. The zero-order chi connectivity index (χ0) is 24.4. The Bertz CT molecular complexity index is 1370. The van der Waals surface area contributed by atoms with Crippen LogP contribution in [0.2, 0.25) is 5.02 Å². The highest BCUT2D eigenvalue weighted by molar-refractivity contribution is 6.51. The van der Waals surface area contributed by atoms with Gasteiger partial charge in [0, 0.05) is 23.2 Å². The molecule has 4 rings (SSSR count). The zero-order valence-corrected chi connectivity index (χ0v) is 18.6. The van der Waals surface area contributed by atoms with Gasteiger partial charge in [-0.15, -0.1) is 0 Å². The number of esters is 1. The first-order valence-corrected chi connectivity index (χ1v) is 10.5. The number of hydrogen-bond acceptors (Lipinski definition) is 6. The molecule has 1 aliphatic heterocycles. The summed E-state index contributed by atoms with van der Waals surface area (Å²) in [7, 11) is 0. The van der Waals surface area contributed by atoms with Crippen LogP contribution in [-0.4, -0.2) is 22.8 Å². The number of carbonyl (C=O) groups is 3. The van der Waals surface area contributed by atoms with E-state index in [-0.39, 0.29) is 17.1 Å². The van der Waals surface area contributed by atoms with Crippen molar-refractivity contribution in [1.82, 2.24) is 0 Å². The minimum absolute atomic E-state index is 0.128. The SMILES string of the molecule is CC(=O)Oc1cccc(C2/C(=C(/O)c3ccc(Cl)cc3)C(=O)C(=O)N2c2ccc(C#N)cc2)c1. The molecule has 0 aromatic heterocycles. The number of nitrogens with zero attached hydrogens (tertiary/aromatic N) is 2. The van der Waals surface area contributed by atoms with E-state index in [4.69, 9.17) is 21.6 Å². The fourth-order valence-electron chi connectivity index (χ4n) is 3.79. The lowest BCUT2D eigenvalue weighted by Gasteiger charge is -2.25. The van der Waals surface area contributed by atoms with Crippen LogP contribution in [0.1, 0.15) is 29.7 Å². The average Bonchev–Trinajstić information content (AvgIpc) is 3.09. The maximum atomic E-state index is 13.2. The van der Waals surface area contributed by atoms with Crippen molar-refractivity contribution in [3.05, 3.63) is 100 Å². The van der Waals surface area contributed by atoms with Crippen LogP contribution in [0.4, 0.5) is 5.69 Å². The zero-order valence-electron chi connectivity index (χ0n) is 17.9. The summed E-state index contributed by atoms with van der Waals surface area (Å²) in [4.78, 5) is 39.0. The summed E-state index contributed by atoms with van der Waals surface area (Å²) in [5.74, 6) is -2.39. The normalized spacial score (nSPS) is 16.9. The molecule has 1 fully saturated rings. The van der Waals surface area contributed by atoms with Gasteiger partial charge in [0.1, 0.15) is 11.5 Å². The predicted octanol–water partition coefficient (Wildman–Crippen LogP) is 4.76. The molecule has 0 bridgehead atoms. The molecule has 0 saturated carbocycles. The molecule has 1 aliphatic rings. The summed E-state index contributed by atoms with van der Waals surface area (Å²) < 4.78 is 5.18. The number of halogens is 1. The second-order valence-corrected chi connectivity index (χ2v) is 7.94. The van der Waals surface area contributed by atoms with Crippen molar-refractivity contribution >= 4 is 40.7 Å². The number of hydrogen-bond donors (Lipinski definition) is 1. The lowest BCUT2D eigenvalue weighted by molar-refractivity contribution is -0.132. The van der Waals surface area contributed by atoms with Crippen molar-refractivity contribution in [1.29, 1.82) is 5.26 Å². The molecule has 0 spiro atoms. The van der Waals surface area contributed by atoms with Crippen LogP contribution in [0.3, 0.4) is 0 Å². The number of Topliss-reactive ketones (excluding diaryl/α,β-unsaturated/α-hetero) is 1. The molecule has 1 saturated heterocycles. The smallest absolute Gasteiger partial charge is 0.308 e. The number of benzene rings is 3. The maximum Gasteiger partial charge on any atom is 0.308 e. The topological polar surface area (TPSA) is 108 Å². The molecule has 1 unspecified atom stereocenters. The van der Waals surface area contributed by atoms with Gasteiger partial charge in [-0.2, -0.15) is 5.26 Å². The number of rotatable bonds is 4. The standard InChI is InChI=1S/C26H17ClN2O5/c1-15(30)34-21-4-2-3-18(13-21)23-22(24(31)17-7-9-19(27)10-8-17)25(32)26(33)29(23)20-11-5-16(14-28)6-12-20/h2-13,23,31H,1H3/b24-22-. The van der Waals surface area contributed by atoms with Crippen LogP contribution in [0, 0.1) is 11.3 Å². The Morgan fingerprint density at radius 3 is 2.35 bits per heavy atom. The number of ketones is 1. The quantitative estimate of drug-likeness (QED) is 0.193. The molecule has 3 aromatic carbocycles. The van der Waals surface area contributed by atoms with Crippen molar-refractivity contribution in [3.63, 3.8) is 0 Å². The van der Waals surface area contributed by atoms with Crippen molar-refractivity contribution in [2.24, 2.45) is 0 Å². The van der Waals surface area contributed by atoms with E-state index in [1.165, 1.54) is 30.0 Å². The van der Waals surface area contributed by atoms with Crippen LogP contribution >= 0.6 is 11.6 Å². The van der Waals surface area contributed by atoms with E-state index in [1.807, 2.05) is 6.07 Å². The van der Waals surface area contributed by atoms with Crippen LogP contribution in [0.25, 0.3) is 5.76 Å². The van der Waals surface area contributed by atoms with Crippen LogP contribution < -0.4 is 9.64 Å².